The molecule has 136 valence electrons. The number of anilines is 1. The van der Waals surface area contributed by atoms with Gasteiger partial charge in [-0.05, 0) is 25.0 Å². The average Bonchev–Trinajstić information content (AvgIpc) is 3.09. The fraction of sp³-hybridized carbons (Fsp3) is 0.579. The highest BCUT2D eigenvalue weighted by Crippen LogP contribution is 2.25. The van der Waals surface area contributed by atoms with Gasteiger partial charge in [0, 0.05) is 44.4 Å². The van der Waals surface area contributed by atoms with Crippen molar-refractivity contribution < 1.29 is 9.15 Å². The number of hydrogen-bond acceptors (Lipinski definition) is 6. The van der Waals surface area contributed by atoms with Crippen molar-refractivity contribution in [2.24, 2.45) is 5.92 Å². The highest BCUT2D eigenvalue weighted by molar-refractivity contribution is 5.51. The summed E-state index contributed by atoms with van der Waals surface area (Å²) in [7, 11) is 1.71. The molecule has 3 rings (SSSR count). The first-order chi connectivity index (χ1) is 12.1. The smallest absolute Gasteiger partial charge is 0.233 e. The molecule has 1 fully saturated rings. The molecular formula is C19H28N4O2. The van der Waals surface area contributed by atoms with Gasteiger partial charge in [-0.25, -0.2) is 0 Å². The van der Waals surface area contributed by atoms with Gasteiger partial charge in [0.2, 0.25) is 11.8 Å². The molecule has 0 spiro atoms. The van der Waals surface area contributed by atoms with E-state index < -0.39 is 0 Å². The normalized spacial score (nSPS) is 17.1. The molecule has 1 aliphatic rings. The summed E-state index contributed by atoms with van der Waals surface area (Å²) >= 11 is 0. The summed E-state index contributed by atoms with van der Waals surface area (Å²) in [5, 5.41) is 8.44. The lowest BCUT2D eigenvalue weighted by Gasteiger charge is -2.38. The van der Waals surface area contributed by atoms with E-state index >= 15 is 0 Å². The van der Waals surface area contributed by atoms with Crippen LogP contribution in [0.4, 0.5) is 5.69 Å². The Balaban J connectivity index is 1.58. The quantitative estimate of drug-likeness (QED) is 0.802. The summed E-state index contributed by atoms with van der Waals surface area (Å²) in [5.41, 5.74) is 1.21. The van der Waals surface area contributed by atoms with E-state index in [4.69, 9.17) is 9.15 Å². The first-order valence-corrected chi connectivity index (χ1v) is 9.02. The van der Waals surface area contributed by atoms with Crippen molar-refractivity contribution >= 4 is 5.69 Å². The minimum absolute atomic E-state index is 0.154. The molecule has 0 radical (unpaired) electrons. The number of hydrogen-bond donors (Lipinski definition) is 0. The Hall–Kier alpha value is -2.08. The second-order valence-corrected chi connectivity index (χ2v) is 7.03. The van der Waals surface area contributed by atoms with Crippen LogP contribution >= 0.6 is 0 Å². The third kappa shape index (κ3) is 4.31. The lowest BCUT2D eigenvalue weighted by Crippen LogP contribution is -2.47. The summed E-state index contributed by atoms with van der Waals surface area (Å²) in [6.07, 6.45) is 0.837. The van der Waals surface area contributed by atoms with Gasteiger partial charge in [-0.3, -0.25) is 4.90 Å². The van der Waals surface area contributed by atoms with E-state index in [2.05, 4.69) is 52.9 Å². The van der Waals surface area contributed by atoms with Crippen LogP contribution in [0.5, 0.6) is 5.75 Å². The highest BCUT2D eigenvalue weighted by Gasteiger charge is 2.26. The van der Waals surface area contributed by atoms with Crippen LogP contribution in [0.25, 0.3) is 0 Å². The predicted molar refractivity (Wildman–Crippen MR) is 98.0 cm³/mol. The second kappa shape index (κ2) is 7.87. The van der Waals surface area contributed by atoms with Crippen molar-refractivity contribution in [1.82, 2.24) is 15.1 Å². The third-order valence-corrected chi connectivity index (χ3v) is 4.70. The zero-order valence-corrected chi connectivity index (χ0v) is 15.6. The Kier molecular flexibility index (Phi) is 5.58. The Bertz CT molecular complexity index is 678. The summed E-state index contributed by atoms with van der Waals surface area (Å²) < 4.78 is 11.2. The van der Waals surface area contributed by atoms with Crippen molar-refractivity contribution in [2.45, 2.75) is 33.2 Å². The van der Waals surface area contributed by atoms with Gasteiger partial charge in [0.05, 0.1) is 13.2 Å². The van der Waals surface area contributed by atoms with E-state index in [-0.39, 0.29) is 6.04 Å². The van der Waals surface area contributed by atoms with Crippen molar-refractivity contribution in [3.63, 3.8) is 0 Å². The molecular weight excluding hydrogens is 316 g/mol. The van der Waals surface area contributed by atoms with Gasteiger partial charge in [-0.1, -0.05) is 19.9 Å². The standard InChI is InChI=1S/C19H28N4O2/c1-14(2)12-18-20-21-19(25-18)15(3)22-8-10-23(11-9-22)16-6-5-7-17(13-16)24-4/h5-7,13-15H,8-12H2,1-4H3/t15-/m1/s1. The van der Waals surface area contributed by atoms with Crippen LogP contribution in [-0.2, 0) is 6.42 Å². The molecule has 1 saturated heterocycles. The van der Waals surface area contributed by atoms with Gasteiger partial charge in [-0.2, -0.15) is 0 Å². The molecule has 1 aromatic carbocycles. The van der Waals surface area contributed by atoms with E-state index in [0.717, 1.165) is 50.1 Å². The summed E-state index contributed by atoms with van der Waals surface area (Å²) in [4.78, 5) is 4.80. The second-order valence-electron chi connectivity index (χ2n) is 7.03. The lowest BCUT2D eigenvalue weighted by molar-refractivity contribution is 0.171. The number of piperazine rings is 1. The van der Waals surface area contributed by atoms with E-state index in [1.54, 1.807) is 7.11 Å². The molecule has 2 aromatic rings. The fourth-order valence-corrected chi connectivity index (χ4v) is 3.20. The van der Waals surface area contributed by atoms with E-state index in [1.165, 1.54) is 5.69 Å². The zero-order chi connectivity index (χ0) is 17.8. The topological polar surface area (TPSA) is 54.6 Å². The van der Waals surface area contributed by atoms with E-state index in [9.17, 15) is 0 Å². The molecule has 0 N–H and O–H groups in total. The molecule has 0 bridgehead atoms. The minimum atomic E-state index is 0.154. The van der Waals surface area contributed by atoms with Gasteiger partial charge in [0.25, 0.3) is 0 Å². The molecule has 1 atom stereocenters. The van der Waals surface area contributed by atoms with Crippen LogP contribution < -0.4 is 9.64 Å². The van der Waals surface area contributed by atoms with E-state index in [1.807, 2.05) is 12.1 Å². The summed E-state index contributed by atoms with van der Waals surface area (Å²) in [6.45, 7) is 10.4. The molecule has 0 saturated carbocycles. The van der Waals surface area contributed by atoms with Crippen molar-refractivity contribution in [1.29, 1.82) is 0 Å². The highest BCUT2D eigenvalue weighted by atomic mass is 16.5. The molecule has 6 nitrogen and oxygen atoms in total. The lowest BCUT2D eigenvalue weighted by atomic mass is 10.1. The van der Waals surface area contributed by atoms with Crippen LogP contribution in [0.15, 0.2) is 28.7 Å². The Morgan fingerprint density at radius 1 is 1.12 bits per heavy atom. The molecule has 0 aliphatic carbocycles. The number of nitrogens with zero attached hydrogens (tertiary/aromatic N) is 4. The summed E-state index contributed by atoms with van der Waals surface area (Å²) in [5.74, 6) is 2.89. The SMILES string of the molecule is COc1cccc(N2CCN([C@H](C)c3nnc(CC(C)C)o3)CC2)c1. The Morgan fingerprint density at radius 3 is 2.56 bits per heavy atom. The van der Waals surface area contributed by atoms with Crippen LogP contribution in [-0.4, -0.2) is 48.4 Å². The minimum Gasteiger partial charge on any atom is -0.497 e. The maximum absolute atomic E-state index is 5.86. The molecule has 1 aromatic heterocycles. The predicted octanol–water partition coefficient (Wildman–Crippen LogP) is 3.16. The largest absolute Gasteiger partial charge is 0.497 e. The van der Waals surface area contributed by atoms with Gasteiger partial charge in [0.15, 0.2) is 0 Å². The number of aromatic nitrogens is 2. The molecule has 2 heterocycles. The van der Waals surface area contributed by atoms with Gasteiger partial charge < -0.3 is 14.1 Å². The van der Waals surface area contributed by atoms with Crippen LogP contribution in [0.2, 0.25) is 0 Å². The van der Waals surface area contributed by atoms with Crippen molar-refractivity contribution in [3.05, 3.63) is 36.0 Å². The van der Waals surface area contributed by atoms with Crippen LogP contribution in [0.3, 0.4) is 0 Å². The monoisotopic (exact) mass is 344 g/mol. The fourth-order valence-electron chi connectivity index (χ4n) is 3.20. The zero-order valence-electron chi connectivity index (χ0n) is 15.6. The van der Waals surface area contributed by atoms with Gasteiger partial charge >= 0.3 is 0 Å². The Morgan fingerprint density at radius 2 is 1.88 bits per heavy atom. The first-order valence-electron chi connectivity index (χ1n) is 9.02. The maximum atomic E-state index is 5.86. The van der Waals surface area contributed by atoms with Crippen LogP contribution in [0.1, 0.15) is 38.6 Å². The number of benzene rings is 1. The third-order valence-electron chi connectivity index (χ3n) is 4.70. The first kappa shape index (κ1) is 17.7. The number of methoxy groups -OCH3 is 1. The van der Waals surface area contributed by atoms with Crippen molar-refractivity contribution in [2.75, 3.05) is 38.2 Å². The van der Waals surface area contributed by atoms with E-state index in [0.29, 0.717) is 5.92 Å². The average molecular weight is 344 g/mol. The molecule has 0 amide bonds. The van der Waals surface area contributed by atoms with Crippen molar-refractivity contribution in [3.8, 4) is 5.75 Å². The number of rotatable bonds is 6. The molecule has 1 aliphatic heterocycles. The summed E-state index contributed by atoms with van der Waals surface area (Å²) in [6, 6.07) is 8.40. The maximum Gasteiger partial charge on any atom is 0.233 e. The Labute approximate surface area is 149 Å². The molecule has 0 unspecified atom stereocenters. The van der Waals surface area contributed by atoms with Gasteiger partial charge in [-0.15, -0.1) is 10.2 Å². The molecule has 25 heavy (non-hydrogen) atoms. The van der Waals surface area contributed by atoms with Crippen LogP contribution in [0, 0.1) is 5.92 Å². The van der Waals surface area contributed by atoms with Gasteiger partial charge in [0.1, 0.15) is 5.75 Å². The number of ether oxygens (including phenoxy) is 1. The molecule has 6 heteroatoms.